The number of halogens is 1. The van der Waals surface area contributed by atoms with Crippen LogP contribution in [0.1, 0.15) is 77.6 Å². The monoisotopic (exact) mass is 328 g/mol. The van der Waals surface area contributed by atoms with Gasteiger partial charge in [-0.25, -0.2) is 0 Å². The quantitative estimate of drug-likeness (QED) is 0.117. The van der Waals surface area contributed by atoms with E-state index in [1.807, 2.05) is 12.2 Å². The lowest BCUT2D eigenvalue weighted by Crippen LogP contribution is -2.26. The third kappa shape index (κ3) is 13.4. The van der Waals surface area contributed by atoms with Crippen LogP contribution in [-0.2, 0) is 0 Å². The van der Waals surface area contributed by atoms with E-state index in [1.54, 1.807) is 0 Å². The van der Waals surface area contributed by atoms with Crippen LogP contribution in [-0.4, -0.2) is 7.38 Å². The first-order valence-corrected chi connectivity index (χ1v) is 12.7. The van der Waals surface area contributed by atoms with E-state index in [-0.39, 0.29) is 0 Å². The Morgan fingerprint density at radius 1 is 0.714 bits per heavy atom. The molecule has 0 aliphatic rings. The van der Waals surface area contributed by atoms with E-state index < -0.39 is 7.38 Å². The molecule has 124 valence electrons. The van der Waals surface area contributed by atoms with E-state index in [9.17, 15) is 0 Å². The van der Waals surface area contributed by atoms with Gasteiger partial charge in [-0.3, -0.25) is 0 Å². The van der Waals surface area contributed by atoms with Crippen molar-refractivity contribution in [1.29, 1.82) is 0 Å². The van der Waals surface area contributed by atoms with Gasteiger partial charge < -0.3 is 0 Å². The van der Waals surface area contributed by atoms with Gasteiger partial charge in [-0.05, 0) is 43.8 Å². The summed E-state index contributed by atoms with van der Waals surface area (Å²) in [6, 6.07) is 3.99. The number of unbranched alkanes of at least 4 members (excludes halogenated alkanes) is 8. The molecule has 0 saturated heterocycles. The van der Waals surface area contributed by atoms with Crippen molar-refractivity contribution in [3.8, 4) is 0 Å². The summed E-state index contributed by atoms with van der Waals surface area (Å²) in [5.41, 5.74) is 0. The van der Waals surface area contributed by atoms with Crippen LogP contribution in [0.4, 0.5) is 0 Å². The highest BCUT2D eigenvalue weighted by Gasteiger charge is 2.28. The van der Waals surface area contributed by atoms with E-state index in [0.717, 1.165) is 0 Å². The molecule has 0 unspecified atom stereocenters. The zero-order chi connectivity index (χ0) is 15.8. The summed E-state index contributed by atoms with van der Waals surface area (Å²) in [4.78, 5) is 0. The van der Waals surface area contributed by atoms with Crippen molar-refractivity contribution in [3.05, 3.63) is 25.3 Å². The Morgan fingerprint density at radius 2 is 1.14 bits per heavy atom. The van der Waals surface area contributed by atoms with Gasteiger partial charge in [-0.15, -0.1) is 13.2 Å². The highest BCUT2D eigenvalue weighted by atomic mass is 35.6. The van der Waals surface area contributed by atoms with E-state index in [0.29, 0.717) is 0 Å². The average molecular weight is 329 g/mol. The number of rotatable bonds is 16. The van der Waals surface area contributed by atoms with Gasteiger partial charge in [0.25, 0.3) is 0 Å². The average Bonchev–Trinajstić information content (AvgIpc) is 2.47. The largest absolute Gasteiger partial charge is 0.167 e. The molecule has 0 rings (SSSR count). The maximum atomic E-state index is 7.03. The van der Waals surface area contributed by atoms with Crippen LogP contribution < -0.4 is 0 Å². The summed E-state index contributed by atoms with van der Waals surface area (Å²) >= 11 is 7.03. The van der Waals surface area contributed by atoms with Crippen LogP contribution in [0.2, 0.25) is 18.1 Å². The van der Waals surface area contributed by atoms with Gasteiger partial charge in [0.1, 0.15) is 0 Å². The molecule has 0 N–H and O–H groups in total. The molecule has 0 atom stereocenters. The van der Waals surface area contributed by atoms with Gasteiger partial charge in [-0.2, -0.15) is 11.1 Å². The predicted octanol–water partition coefficient (Wildman–Crippen LogP) is 7.85. The van der Waals surface area contributed by atoms with Crippen molar-refractivity contribution >= 4 is 18.5 Å². The number of allylic oxidation sites excluding steroid dienone is 2. The summed E-state index contributed by atoms with van der Waals surface area (Å²) in [5.74, 6) is 0. The molecule has 0 spiro atoms. The molecular formula is C19H37ClSi. The van der Waals surface area contributed by atoms with Crippen LogP contribution in [0.5, 0.6) is 0 Å². The van der Waals surface area contributed by atoms with Crippen molar-refractivity contribution in [2.24, 2.45) is 0 Å². The fraction of sp³-hybridized carbons (Fsp3) is 0.789. The molecular weight excluding hydrogens is 292 g/mol. The van der Waals surface area contributed by atoms with Crippen LogP contribution in [0.3, 0.4) is 0 Å². The standard InChI is InChI=1S/C19H37ClSi/c1-4-7-9-11-13-15-18-21(20,17-6-3)19-16-14-12-10-8-5-2/h4-5H,1-2,6-19H2,3H3. The molecule has 0 amide bonds. The fourth-order valence-electron chi connectivity index (χ4n) is 2.99. The third-order valence-corrected chi connectivity index (χ3v) is 9.86. The Labute approximate surface area is 139 Å². The second kappa shape index (κ2) is 14.9. The molecule has 2 heteroatoms. The molecule has 0 bridgehead atoms. The van der Waals surface area contributed by atoms with Crippen molar-refractivity contribution < 1.29 is 0 Å². The molecule has 0 aromatic carbocycles. The van der Waals surface area contributed by atoms with Crippen LogP contribution in [0.25, 0.3) is 0 Å². The SMILES string of the molecule is C=CCCCCCC[Si](Cl)(CCC)CCCCCCC=C. The fourth-order valence-corrected chi connectivity index (χ4v) is 7.77. The molecule has 0 aliphatic heterocycles. The Kier molecular flexibility index (Phi) is 14.9. The number of hydrogen-bond acceptors (Lipinski definition) is 0. The zero-order valence-electron chi connectivity index (χ0n) is 14.3. The first-order valence-electron chi connectivity index (χ1n) is 9.09. The summed E-state index contributed by atoms with van der Waals surface area (Å²) in [6.45, 7) is 9.86. The van der Waals surface area contributed by atoms with E-state index in [1.165, 1.54) is 88.8 Å². The van der Waals surface area contributed by atoms with Crippen LogP contribution >= 0.6 is 11.1 Å². The molecule has 0 heterocycles. The minimum absolute atomic E-state index is 1.17. The highest BCUT2D eigenvalue weighted by Crippen LogP contribution is 2.32. The molecule has 21 heavy (non-hydrogen) atoms. The number of hydrogen-bond donors (Lipinski definition) is 0. The molecule has 0 nitrogen and oxygen atoms in total. The minimum atomic E-state index is -1.45. The van der Waals surface area contributed by atoms with Gasteiger partial charge in [0.2, 0.25) is 0 Å². The first kappa shape index (κ1) is 21.0. The molecule has 0 saturated carbocycles. The molecule has 0 aromatic heterocycles. The van der Waals surface area contributed by atoms with Gasteiger partial charge >= 0.3 is 0 Å². The summed E-state index contributed by atoms with van der Waals surface area (Å²) in [5, 5.41) is 0. The Bertz CT molecular complexity index is 230. The lowest BCUT2D eigenvalue weighted by molar-refractivity contribution is 0.658. The maximum Gasteiger partial charge on any atom is 0.156 e. The summed E-state index contributed by atoms with van der Waals surface area (Å²) in [6.07, 6.45) is 18.4. The Hall–Kier alpha value is -0.0131. The Morgan fingerprint density at radius 3 is 1.52 bits per heavy atom. The summed E-state index contributed by atoms with van der Waals surface area (Å²) < 4.78 is 0. The van der Waals surface area contributed by atoms with Gasteiger partial charge in [0.05, 0.1) is 0 Å². The lowest BCUT2D eigenvalue weighted by atomic mass is 10.1. The third-order valence-electron chi connectivity index (χ3n) is 4.26. The maximum absolute atomic E-state index is 7.03. The molecule has 0 aromatic rings. The zero-order valence-corrected chi connectivity index (χ0v) is 16.1. The highest BCUT2D eigenvalue weighted by molar-refractivity contribution is 7.20. The van der Waals surface area contributed by atoms with Gasteiger partial charge in [-0.1, -0.05) is 64.0 Å². The second-order valence-electron chi connectivity index (χ2n) is 6.38. The first-order chi connectivity index (χ1) is 10.2. The van der Waals surface area contributed by atoms with Gasteiger partial charge in [0.15, 0.2) is 7.38 Å². The minimum Gasteiger partial charge on any atom is -0.167 e. The Balaban J connectivity index is 3.77. The van der Waals surface area contributed by atoms with Crippen molar-refractivity contribution in [2.45, 2.75) is 95.7 Å². The predicted molar refractivity (Wildman–Crippen MR) is 103 cm³/mol. The van der Waals surface area contributed by atoms with E-state index >= 15 is 0 Å². The van der Waals surface area contributed by atoms with Crippen LogP contribution in [0.15, 0.2) is 25.3 Å². The van der Waals surface area contributed by atoms with Gasteiger partial charge in [0, 0.05) is 0 Å². The molecule has 0 aliphatic carbocycles. The lowest BCUT2D eigenvalue weighted by Gasteiger charge is -2.24. The topological polar surface area (TPSA) is 0 Å². The smallest absolute Gasteiger partial charge is 0.156 e. The van der Waals surface area contributed by atoms with Crippen molar-refractivity contribution in [2.75, 3.05) is 0 Å². The van der Waals surface area contributed by atoms with Crippen molar-refractivity contribution in [3.63, 3.8) is 0 Å². The van der Waals surface area contributed by atoms with Crippen molar-refractivity contribution in [1.82, 2.24) is 0 Å². The normalized spacial score (nSPS) is 11.5. The summed E-state index contributed by atoms with van der Waals surface area (Å²) in [7, 11) is -1.45. The molecule has 0 fully saturated rings. The van der Waals surface area contributed by atoms with E-state index in [4.69, 9.17) is 11.1 Å². The molecule has 0 radical (unpaired) electrons. The second-order valence-corrected chi connectivity index (χ2v) is 12.6. The van der Waals surface area contributed by atoms with Crippen LogP contribution in [0, 0.1) is 0 Å². The van der Waals surface area contributed by atoms with E-state index in [2.05, 4.69) is 20.1 Å².